The van der Waals surface area contributed by atoms with E-state index < -0.39 is 34.5 Å². The zero-order valence-electron chi connectivity index (χ0n) is 19.3. The normalized spacial score (nSPS) is 11.4. The summed E-state index contributed by atoms with van der Waals surface area (Å²) in [6.07, 6.45) is -0.256. The third-order valence-corrected chi connectivity index (χ3v) is 6.84. The largest absolute Gasteiger partial charge is 0.456 e. The summed E-state index contributed by atoms with van der Waals surface area (Å²) in [5.74, 6) is -1.31. The zero-order valence-corrected chi connectivity index (χ0v) is 20.1. The Balaban J connectivity index is 2.58. The molecule has 0 saturated carbocycles. The first-order valence-corrected chi connectivity index (χ1v) is 11.6. The first kappa shape index (κ1) is 26.6. The summed E-state index contributed by atoms with van der Waals surface area (Å²) in [5.41, 5.74) is 4.21. The average Bonchev–Trinajstić information content (AvgIpc) is 2.67. The van der Waals surface area contributed by atoms with Crippen LogP contribution in [0, 0.1) is 40.5 Å². The molecule has 0 heterocycles. The number of esters is 1. The highest BCUT2D eigenvalue weighted by atomic mass is 32.2. The van der Waals surface area contributed by atoms with Gasteiger partial charge in [0.25, 0.3) is 5.91 Å². The molecule has 0 aliphatic heterocycles. The molecule has 1 aromatic rings. The van der Waals surface area contributed by atoms with E-state index in [1.54, 1.807) is 13.8 Å². The number of ether oxygens (including phenoxy) is 1. The number of sulfonamides is 1. The van der Waals surface area contributed by atoms with E-state index in [0.717, 1.165) is 16.7 Å². The van der Waals surface area contributed by atoms with Gasteiger partial charge in [-0.3, -0.25) is 14.9 Å². The lowest BCUT2D eigenvalue weighted by Crippen LogP contribution is -2.42. The van der Waals surface area contributed by atoms with Gasteiger partial charge in [-0.1, -0.05) is 13.8 Å². The summed E-state index contributed by atoms with van der Waals surface area (Å²) >= 11 is 0. The van der Waals surface area contributed by atoms with Crippen molar-refractivity contribution in [2.24, 2.45) is 5.92 Å². The van der Waals surface area contributed by atoms with Gasteiger partial charge in [0, 0.05) is 13.1 Å². The van der Waals surface area contributed by atoms with Crippen molar-refractivity contribution in [3.63, 3.8) is 0 Å². The van der Waals surface area contributed by atoms with Crippen molar-refractivity contribution >= 4 is 27.9 Å². The maximum Gasteiger partial charge on any atom is 0.321 e. The molecule has 0 spiro atoms. The topological polar surface area (TPSA) is 131 Å². The number of urea groups is 1. The molecule has 10 heteroatoms. The standard InChI is InChI=1S/C21H33N3O6S/c1-12(2)10-22-21(27)24-18(25)11-30-19(26)8-9-23-31(28,29)20-16(6)14(4)13(3)15(5)17(20)7/h12,23H,8-11H2,1-7H3,(H2,22,24,25,27). The molecule has 0 radical (unpaired) electrons. The Hall–Kier alpha value is -2.46. The zero-order chi connectivity index (χ0) is 23.9. The Morgan fingerprint density at radius 2 is 1.42 bits per heavy atom. The molecule has 174 valence electrons. The van der Waals surface area contributed by atoms with E-state index in [1.165, 1.54) is 0 Å². The Bertz CT molecular complexity index is 925. The minimum absolute atomic E-state index is 0.178. The van der Waals surface area contributed by atoms with Crippen molar-refractivity contribution in [1.29, 1.82) is 0 Å². The number of hydrogen-bond acceptors (Lipinski definition) is 6. The van der Waals surface area contributed by atoms with Gasteiger partial charge >= 0.3 is 12.0 Å². The Morgan fingerprint density at radius 3 is 1.94 bits per heavy atom. The fourth-order valence-corrected chi connectivity index (χ4v) is 4.58. The quantitative estimate of drug-likeness (QED) is 0.488. The minimum atomic E-state index is -3.83. The van der Waals surface area contributed by atoms with Crippen molar-refractivity contribution in [2.75, 3.05) is 19.7 Å². The van der Waals surface area contributed by atoms with Crippen LogP contribution in [0.15, 0.2) is 4.90 Å². The molecule has 0 saturated heterocycles. The van der Waals surface area contributed by atoms with Crippen molar-refractivity contribution in [2.45, 2.75) is 59.8 Å². The van der Waals surface area contributed by atoms with Gasteiger partial charge in [0.05, 0.1) is 11.3 Å². The molecule has 0 fully saturated rings. The summed E-state index contributed by atoms with van der Waals surface area (Å²) in [6.45, 7) is 12.6. The molecule has 1 rings (SSSR count). The highest BCUT2D eigenvalue weighted by Gasteiger charge is 2.23. The third-order valence-electron chi connectivity index (χ3n) is 5.11. The van der Waals surface area contributed by atoms with E-state index in [2.05, 4.69) is 10.0 Å². The van der Waals surface area contributed by atoms with Gasteiger partial charge in [-0.25, -0.2) is 17.9 Å². The lowest BCUT2D eigenvalue weighted by atomic mass is 9.95. The number of benzene rings is 1. The molecule has 3 N–H and O–H groups in total. The molecule has 0 unspecified atom stereocenters. The van der Waals surface area contributed by atoms with E-state index in [1.807, 2.05) is 39.9 Å². The van der Waals surface area contributed by atoms with Crippen LogP contribution >= 0.6 is 0 Å². The second-order valence-electron chi connectivity index (χ2n) is 7.91. The summed E-state index contributed by atoms with van der Waals surface area (Å²) in [4.78, 5) is 35.1. The Labute approximate surface area is 184 Å². The molecule has 3 amide bonds. The van der Waals surface area contributed by atoms with Crippen LogP contribution in [0.25, 0.3) is 0 Å². The third kappa shape index (κ3) is 7.62. The second kappa shape index (κ2) is 11.2. The maximum absolute atomic E-state index is 12.8. The molecular weight excluding hydrogens is 422 g/mol. The molecule has 0 aromatic heterocycles. The van der Waals surface area contributed by atoms with E-state index in [-0.39, 0.29) is 23.8 Å². The molecule has 1 aromatic carbocycles. The van der Waals surface area contributed by atoms with Crippen LogP contribution < -0.4 is 15.4 Å². The second-order valence-corrected chi connectivity index (χ2v) is 9.62. The van der Waals surface area contributed by atoms with Crippen LogP contribution in [0.5, 0.6) is 0 Å². The van der Waals surface area contributed by atoms with E-state index in [9.17, 15) is 22.8 Å². The van der Waals surface area contributed by atoms with Gasteiger partial charge in [-0.15, -0.1) is 0 Å². The molecule has 0 bridgehead atoms. The lowest BCUT2D eigenvalue weighted by molar-refractivity contribution is -0.148. The molecule has 0 aliphatic carbocycles. The van der Waals surface area contributed by atoms with Crippen LogP contribution in [0.1, 0.15) is 48.1 Å². The summed E-state index contributed by atoms with van der Waals surface area (Å²) in [5, 5.41) is 4.54. The van der Waals surface area contributed by atoms with Crippen LogP contribution in [0.3, 0.4) is 0 Å². The van der Waals surface area contributed by atoms with Crippen LogP contribution in [0.2, 0.25) is 0 Å². The highest BCUT2D eigenvalue weighted by Crippen LogP contribution is 2.29. The summed E-state index contributed by atoms with van der Waals surface area (Å²) in [7, 11) is -3.83. The lowest BCUT2D eigenvalue weighted by Gasteiger charge is -2.19. The van der Waals surface area contributed by atoms with Gasteiger partial charge in [-0.2, -0.15) is 0 Å². The SMILES string of the molecule is Cc1c(C)c(C)c(S(=O)(=O)NCCC(=O)OCC(=O)NC(=O)NCC(C)C)c(C)c1C. The Kier molecular flexibility index (Phi) is 9.64. The average molecular weight is 456 g/mol. The summed E-state index contributed by atoms with van der Waals surface area (Å²) < 4.78 is 32.8. The van der Waals surface area contributed by atoms with Crippen molar-refractivity contribution < 1.29 is 27.5 Å². The fourth-order valence-electron chi connectivity index (χ4n) is 2.95. The first-order chi connectivity index (χ1) is 14.3. The van der Waals surface area contributed by atoms with E-state index in [0.29, 0.717) is 17.7 Å². The number of rotatable bonds is 9. The number of imide groups is 1. The summed E-state index contributed by atoms with van der Waals surface area (Å²) in [6, 6.07) is -0.670. The van der Waals surface area contributed by atoms with Gasteiger partial charge in [0.1, 0.15) is 0 Å². The maximum atomic E-state index is 12.8. The van der Waals surface area contributed by atoms with Crippen molar-refractivity contribution in [3.05, 3.63) is 27.8 Å². The fraction of sp³-hybridized carbons (Fsp3) is 0.571. The molecule has 0 aliphatic rings. The number of hydrogen-bond donors (Lipinski definition) is 3. The monoisotopic (exact) mass is 455 g/mol. The number of amides is 3. The van der Waals surface area contributed by atoms with Gasteiger partial charge in [0.2, 0.25) is 10.0 Å². The predicted molar refractivity (Wildman–Crippen MR) is 117 cm³/mol. The first-order valence-electron chi connectivity index (χ1n) is 10.1. The van der Waals surface area contributed by atoms with Gasteiger partial charge in [0.15, 0.2) is 6.61 Å². The molecular formula is C21H33N3O6S. The number of carbonyl (C=O) groups excluding carboxylic acids is 3. The van der Waals surface area contributed by atoms with Crippen LogP contribution in [-0.4, -0.2) is 46.0 Å². The van der Waals surface area contributed by atoms with Crippen molar-refractivity contribution in [1.82, 2.24) is 15.4 Å². The molecule has 9 nitrogen and oxygen atoms in total. The number of carbonyl (C=O) groups is 3. The van der Waals surface area contributed by atoms with Gasteiger partial charge < -0.3 is 10.1 Å². The predicted octanol–water partition coefficient (Wildman–Crippen LogP) is 1.92. The van der Waals surface area contributed by atoms with Gasteiger partial charge in [-0.05, 0) is 68.4 Å². The smallest absolute Gasteiger partial charge is 0.321 e. The van der Waals surface area contributed by atoms with Crippen molar-refractivity contribution in [3.8, 4) is 0 Å². The van der Waals surface area contributed by atoms with E-state index >= 15 is 0 Å². The minimum Gasteiger partial charge on any atom is -0.456 e. The van der Waals surface area contributed by atoms with Crippen LogP contribution in [0.4, 0.5) is 4.79 Å². The molecule has 0 atom stereocenters. The number of nitrogens with one attached hydrogen (secondary N) is 3. The Morgan fingerprint density at radius 1 is 0.903 bits per heavy atom. The molecule has 31 heavy (non-hydrogen) atoms. The van der Waals surface area contributed by atoms with Crippen LogP contribution in [-0.2, 0) is 24.3 Å². The highest BCUT2D eigenvalue weighted by molar-refractivity contribution is 7.89. The van der Waals surface area contributed by atoms with E-state index in [4.69, 9.17) is 4.74 Å².